The van der Waals surface area contributed by atoms with Crippen molar-refractivity contribution in [3.05, 3.63) is 29.3 Å². The number of imide groups is 1. The monoisotopic (exact) mass is 435 g/mol. The molecule has 4 rings (SSSR count). The van der Waals surface area contributed by atoms with Gasteiger partial charge in [0.2, 0.25) is 11.8 Å². The standard InChI is InChI=1S/C22H27F2N3O4/c1-12-2-4-13(5-3-12)25-22(30)31-15-10-27(11-15)14-8-17(23)20(18(24)9-14)16-6-7-19(28)26-21(16)29/h8-9,12-13,15-16H,2-7,10-11H2,1H3,(H,25,30)(H,26,28,29). The second kappa shape index (κ2) is 8.80. The molecule has 1 saturated carbocycles. The van der Waals surface area contributed by atoms with E-state index < -0.39 is 35.5 Å². The van der Waals surface area contributed by atoms with Gasteiger partial charge in [-0.2, -0.15) is 0 Å². The van der Waals surface area contributed by atoms with E-state index in [1.54, 1.807) is 4.90 Å². The number of rotatable bonds is 4. The van der Waals surface area contributed by atoms with Crippen molar-refractivity contribution < 1.29 is 27.9 Å². The largest absolute Gasteiger partial charge is 0.442 e. The number of hydrogen-bond donors (Lipinski definition) is 2. The molecule has 9 heteroatoms. The minimum absolute atomic E-state index is 0.0458. The normalized spacial score (nSPS) is 26.8. The Kier molecular flexibility index (Phi) is 6.11. The third kappa shape index (κ3) is 4.80. The van der Waals surface area contributed by atoms with Gasteiger partial charge in [0.1, 0.15) is 17.7 Å². The highest BCUT2D eigenvalue weighted by molar-refractivity contribution is 6.01. The average molecular weight is 435 g/mol. The number of ether oxygens (including phenoxy) is 1. The first-order valence-corrected chi connectivity index (χ1v) is 10.8. The average Bonchev–Trinajstić information content (AvgIpc) is 2.67. The molecule has 1 unspecified atom stereocenters. The maximum atomic E-state index is 14.7. The third-order valence-electron chi connectivity index (χ3n) is 6.48. The summed E-state index contributed by atoms with van der Waals surface area (Å²) in [7, 11) is 0. The fourth-order valence-corrected chi connectivity index (χ4v) is 4.54. The van der Waals surface area contributed by atoms with Crippen LogP contribution < -0.4 is 15.5 Å². The highest BCUT2D eigenvalue weighted by Crippen LogP contribution is 2.33. The van der Waals surface area contributed by atoms with Gasteiger partial charge in [-0.15, -0.1) is 0 Å². The summed E-state index contributed by atoms with van der Waals surface area (Å²) in [5.74, 6) is -3.09. The lowest BCUT2D eigenvalue weighted by Gasteiger charge is -2.40. The first-order valence-electron chi connectivity index (χ1n) is 10.8. The minimum atomic E-state index is -1.02. The molecular weight excluding hydrogens is 408 g/mol. The highest BCUT2D eigenvalue weighted by atomic mass is 19.1. The molecular formula is C22H27F2N3O4. The molecule has 2 N–H and O–H groups in total. The molecule has 1 aromatic rings. The fourth-order valence-electron chi connectivity index (χ4n) is 4.54. The van der Waals surface area contributed by atoms with Crippen LogP contribution in [0.2, 0.25) is 0 Å². The molecule has 2 aliphatic heterocycles. The number of carbonyl (C=O) groups is 3. The van der Waals surface area contributed by atoms with E-state index in [2.05, 4.69) is 17.6 Å². The Morgan fingerprint density at radius 3 is 2.35 bits per heavy atom. The molecule has 0 aromatic heterocycles. The van der Waals surface area contributed by atoms with Gasteiger partial charge in [-0.25, -0.2) is 13.6 Å². The molecule has 1 atom stereocenters. The zero-order valence-corrected chi connectivity index (χ0v) is 17.5. The first-order chi connectivity index (χ1) is 14.8. The summed E-state index contributed by atoms with van der Waals surface area (Å²) in [6.45, 7) is 2.89. The summed E-state index contributed by atoms with van der Waals surface area (Å²) >= 11 is 0. The molecule has 2 heterocycles. The Morgan fingerprint density at radius 2 is 1.74 bits per heavy atom. The van der Waals surface area contributed by atoms with Crippen molar-refractivity contribution in [1.82, 2.24) is 10.6 Å². The van der Waals surface area contributed by atoms with Crippen LogP contribution >= 0.6 is 0 Å². The molecule has 1 aliphatic carbocycles. The SMILES string of the molecule is CC1CCC(NC(=O)OC2CN(c3cc(F)c(C4CCC(=O)NC4=O)c(F)c3)C2)CC1. The number of halogens is 2. The molecule has 3 amide bonds. The van der Waals surface area contributed by atoms with Crippen LogP contribution in [0.25, 0.3) is 0 Å². The van der Waals surface area contributed by atoms with Crippen molar-refractivity contribution in [2.45, 2.75) is 63.5 Å². The maximum Gasteiger partial charge on any atom is 0.407 e. The molecule has 0 spiro atoms. The Labute approximate surface area is 179 Å². The summed E-state index contributed by atoms with van der Waals surface area (Å²) in [6, 6.07) is 2.51. The van der Waals surface area contributed by atoms with Gasteiger partial charge in [-0.1, -0.05) is 6.92 Å². The van der Waals surface area contributed by atoms with Gasteiger partial charge in [0.05, 0.1) is 19.0 Å². The summed E-state index contributed by atoms with van der Waals surface area (Å²) in [4.78, 5) is 37.0. The van der Waals surface area contributed by atoms with Crippen molar-refractivity contribution >= 4 is 23.6 Å². The number of nitrogens with zero attached hydrogens (tertiary/aromatic N) is 1. The number of carbonyl (C=O) groups excluding carboxylic acids is 3. The smallest absolute Gasteiger partial charge is 0.407 e. The fraction of sp³-hybridized carbons (Fsp3) is 0.591. The topological polar surface area (TPSA) is 87.7 Å². The van der Waals surface area contributed by atoms with E-state index in [4.69, 9.17) is 4.74 Å². The van der Waals surface area contributed by atoms with E-state index in [9.17, 15) is 23.2 Å². The maximum absolute atomic E-state index is 14.7. The molecule has 3 fully saturated rings. The van der Waals surface area contributed by atoms with Gasteiger partial charge in [-0.3, -0.25) is 14.9 Å². The molecule has 31 heavy (non-hydrogen) atoms. The molecule has 0 bridgehead atoms. The number of benzene rings is 1. The van der Waals surface area contributed by atoms with Crippen LogP contribution in [0.4, 0.5) is 19.3 Å². The number of hydrogen-bond acceptors (Lipinski definition) is 5. The van der Waals surface area contributed by atoms with Gasteiger partial charge in [-0.05, 0) is 50.2 Å². The van der Waals surface area contributed by atoms with Crippen LogP contribution in [-0.4, -0.2) is 43.1 Å². The lowest BCUT2D eigenvalue weighted by atomic mass is 9.87. The van der Waals surface area contributed by atoms with Crippen molar-refractivity contribution in [3.63, 3.8) is 0 Å². The zero-order chi connectivity index (χ0) is 22.1. The summed E-state index contributed by atoms with van der Waals surface area (Å²) in [6.07, 6.45) is 3.41. The highest BCUT2D eigenvalue weighted by Gasteiger charge is 2.35. The number of piperidine rings is 1. The van der Waals surface area contributed by atoms with Crippen LogP contribution in [0.15, 0.2) is 12.1 Å². The number of anilines is 1. The second-order valence-electron chi connectivity index (χ2n) is 8.86. The van der Waals surface area contributed by atoms with Crippen molar-refractivity contribution in [2.75, 3.05) is 18.0 Å². The van der Waals surface area contributed by atoms with Crippen LogP contribution in [0, 0.1) is 17.6 Å². The predicted octanol–water partition coefficient (Wildman–Crippen LogP) is 2.98. The molecule has 168 valence electrons. The van der Waals surface area contributed by atoms with Gasteiger partial charge >= 0.3 is 6.09 Å². The lowest BCUT2D eigenvalue weighted by molar-refractivity contribution is -0.134. The number of nitrogens with one attached hydrogen (secondary N) is 2. The van der Waals surface area contributed by atoms with E-state index in [0.29, 0.717) is 24.7 Å². The Hall–Kier alpha value is -2.71. The van der Waals surface area contributed by atoms with Crippen molar-refractivity contribution in [2.24, 2.45) is 5.92 Å². The van der Waals surface area contributed by atoms with Gasteiger partial charge in [0.25, 0.3) is 0 Å². The summed E-state index contributed by atoms with van der Waals surface area (Å²) in [5, 5.41) is 5.02. The van der Waals surface area contributed by atoms with E-state index >= 15 is 0 Å². The third-order valence-corrected chi connectivity index (χ3v) is 6.48. The van der Waals surface area contributed by atoms with Crippen LogP contribution in [0.3, 0.4) is 0 Å². The van der Waals surface area contributed by atoms with Crippen LogP contribution in [0.1, 0.15) is 56.9 Å². The van der Waals surface area contributed by atoms with Gasteiger partial charge < -0.3 is 15.0 Å². The number of amides is 3. The van der Waals surface area contributed by atoms with Crippen molar-refractivity contribution in [3.8, 4) is 0 Å². The second-order valence-corrected chi connectivity index (χ2v) is 8.86. The minimum Gasteiger partial charge on any atom is -0.442 e. The Bertz CT molecular complexity index is 857. The quantitative estimate of drug-likeness (QED) is 0.710. The predicted molar refractivity (Wildman–Crippen MR) is 109 cm³/mol. The van der Waals surface area contributed by atoms with E-state index in [-0.39, 0.29) is 30.6 Å². The molecule has 1 aromatic carbocycles. The van der Waals surface area contributed by atoms with E-state index in [0.717, 1.165) is 25.7 Å². The molecule has 7 nitrogen and oxygen atoms in total. The van der Waals surface area contributed by atoms with Gasteiger partial charge in [0.15, 0.2) is 0 Å². The first kappa shape index (κ1) is 21.5. The lowest BCUT2D eigenvalue weighted by Crippen LogP contribution is -2.54. The molecule has 3 aliphatic rings. The van der Waals surface area contributed by atoms with E-state index in [1.807, 2.05) is 0 Å². The van der Waals surface area contributed by atoms with Gasteiger partial charge in [0, 0.05) is 23.7 Å². The Balaban J connectivity index is 1.31. The van der Waals surface area contributed by atoms with E-state index in [1.165, 1.54) is 12.1 Å². The molecule has 0 radical (unpaired) electrons. The van der Waals surface area contributed by atoms with Crippen LogP contribution in [-0.2, 0) is 14.3 Å². The Morgan fingerprint density at radius 1 is 1.10 bits per heavy atom. The van der Waals surface area contributed by atoms with Crippen molar-refractivity contribution in [1.29, 1.82) is 0 Å². The number of alkyl carbamates (subject to hydrolysis) is 1. The molecule has 2 saturated heterocycles. The van der Waals surface area contributed by atoms with Crippen LogP contribution in [0.5, 0.6) is 0 Å². The summed E-state index contributed by atoms with van der Waals surface area (Å²) < 4.78 is 34.7. The zero-order valence-electron chi connectivity index (χ0n) is 17.5. The summed E-state index contributed by atoms with van der Waals surface area (Å²) in [5.41, 5.74) is 0.0100.